The fourth-order valence-corrected chi connectivity index (χ4v) is 4.79. The fourth-order valence-electron chi connectivity index (χ4n) is 3.02. The zero-order valence-electron chi connectivity index (χ0n) is 14.3. The van der Waals surface area contributed by atoms with Crippen molar-refractivity contribution in [2.45, 2.75) is 12.5 Å². The first-order chi connectivity index (χ1) is 11.9. The summed E-state index contributed by atoms with van der Waals surface area (Å²) in [5, 5.41) is 2.13. The highest BCUT2D eigenvalue weighted by atomic mass is 32.2. The Labute approximate surface area is 147 Å². The molecule has 132 valence electrons. The van der Waals surface area contributed by atoms with E-state index in [0.29, 0.717) is 6.42 Å². The van der Waals surface area contributed by atoms with Crippen LogP contribution in [0, 0.1) is 0 Å². The summed E-state index contributed by atoms with van der Waals surface area (Å²) in [4.78, 5) is 13.8. The molecule has 0 radical (unpaired) electrons. The van der Waals surface area contributed by atoms with Gasteiger partial charge in [0.15, 0.2) is 9.84 Å². The van der Waals surface area contributed by atoms with E-state index in [0.717, 1.165) is 22.1 Å². The molecule has 0 bridgehead atoms. The number of likely N-dealkylation sites (N-methyl/N-ethyl adjacent to an activating group) is 1. The van der Waals surface area contributed by atoms with Gasteiger partial charge in [0.2, 0.25) is 5.91 Å². The molecule has 0 N–H and O–H groups in total. The Bertz CT molecular complexity index is 934. The smallest absolute Gasteiger partial charge is 0.246 e. The molecule has 0 saturated carbocycles. The van der Waals surface area contributed by atoms with Gasteiger partial charge in [0, 0.05) is 19.2 Å². The molecule has 1 unspecified atom stereocenters. The third-order valence-corrected chi connectivity index (χ3v) is 6.34. The van der Waals surface area contributed by atoms with Crippen molar-refractivity contribution in [1.29, 1.82) is 0 Å². The van der Waals surface area contributed by atoms with Gasteiger partial charge in [-0.2, -0.15) is 0 Å². The minimum atomic E-state index is -3.00. The minimum Gasteiger partial charge on any atom is -0.497 e. The molecule has 0 aromatic heterocycles. The minimum absolute atomic E-state index is 0.0564. The summed E-state index contributed by atoms with van der Waals surface area (Å²) in [5.74, 6) is 0.838. The van der Waals surface area contributed by atoms with Crippen LogP contribution in [0.15, 0.2) is 42.5 Å². The van der Waals surface area contributed by atoms with Gasteiger partial charge in [-0.1, -0.05) is 18.2 Å². The number of ether oxygens (including phenoxy) is 1. The number of amides is 1. The van der Waals surface area contributed by atoms with Crippen LogP contribution in [0.25, 0.3) is 16.8 Å². The van der Waals surface area contributed by atoms with E-state index in [-0.39, 0.29) is 23.5 Å². The van der Waals surface area contributed by atoms with Crippen LogP contribution < -0.4 is 4.74 Å². The van der Waals surface area contributed by atoms with Gasteiger partial charge in [0.05, 0.1) is 18.6 Å². The van der Waals surface area contributed by atoms with Crippen LogP contribution in [-0.4, -0.2) is 50.9 Å². The Kier molecular flexibility index (Phi) is 4.81. The topological polar surface area (TPSA) is 63.7 Å². The van der Waals surface area contributed by atoms with Crippen molar-refractivity contribution in [2.75, 3.05) is 25.7 Å². The Morgan fingerprint density at radius 2 is 1.92 bits per heavy atom. The summed E-state index contributed by atoms with van der Waals surface area (Å²) in [5.41, 5.74) is 0.915. The Morgan fingerprint density at radius 3 is 2.60 bits per heavy atom. The third-order valence-electron chi connectivity index (χ3n) is 4.59. The van der Waals surface area contributed by atoms with Crippen molar-refractivity contribution in [1.82, 2.24) is 4.90 Å². The second-order valence-corrected chi connectivity index (χ2v) is 8.54. The molecule has 5 nitrogen and oxygen atoms in total. The van der Waals surface area contributed by atoms with Crippen molar-refractivity contribution in [3.05, 3.63) is 48.0 Å². The zero-order valence-corrected chi connectivity index (χ0v) is 15.1. The first kappa shape index (κ1) is 17.5. The van der Waals surface area contributed by atoms with Crippen molar-refractivity contribution >= 4 is 32.6 Å². The molecule has 1 aliphatic heterocycles. The normalized spacial score (nSPS) is 19.4. The molecule has 1 fully saturated rings. The highest BCUT2D eigenvalue weighted by Crippen LogP contribution is 2.22. The number of rotatable bonds is 4. The molecule has 2 aromatic carbocycles. The Balaban J connectivity index is 1.72. The first-order valence-corrected chi connectivity index (χ1v) is 9.93. The third kappa shape index (κ3) is 4.02. The lowest BCUT2D eigenvalue weighted by Crippen LogP contribution is -2.36. The molecule has 1 atom stereocenters. The summed E-state index contributed by atoms with van der Waals surface area (Å²) in [7, 11) is 0.293. The standard InChI is InChI=1S/C19H21NO4S/c1-20(17-9-10-25(22,23)13-17)19(21)8-4-14-3-5-16-12-18(24-2)7-6-15(16)11-14/h3-8,11-12,17H,9-10,13H2,1-2H3. The number of benzene rings is 2. The molecular formula is C19H21NO4S. The lowest BCUT2D eigenvalue weighted by Gasteiger charge is -2.21. The molecule has 0 aliphatic carbocycles. The summed E-state index contributed by atoms with van der Waals surface area (Å²) < 4.78 is 28.3. The number of nitrogens with zero attached hydrogens (tertiary/aromatic N) is 1. The first-order valence-electron chi connectivity index (χ1n) is 8.11. The van der Waals surface area contributed by atoms with Gasteiger partial charge in [-0.3, -0.25) is 4.79 Å². The van der Waals surface area contributed by atoms with Gasteiger partial charge in [0.25, 0.3) is 0 Å². The average molecular weight is 359 g/mol. The van der Waals surface area contributed by atoms with E-state index in [1.165, 1.54) is 11.0 Å². The number of hydrogen-bond acceptors (Lipinski definition) is 4. The van der Waals surface area contributed by atoms with E-state index in [1.54, 1.807) is 20.2 Å². The molecule has 1 saturated heterocycles. The maximum Gasteiger partial charge on any atom is 0.246 e. The summed E-state index contributed by atoms with van der Waals surface area (Å²) >= 11 is 0. The van der Waals surface area contributed by atoms with Gasteiger partial charge >= 0.3 is 0 Å². The second kappa shape index (κ2) is 6.88. The largest absolute Gasteiger partial charge is 0.497 e. The molecule has 1 amide bonds. The summed E-state index contributed by atoms with van der Waals surface area (Å²) in [6, 6.07) is 11.5. The molecule has 6 heteroatoms. The lowest BCUT2D eigenvalue weighted by molar-refractivity contribution is -0.126. The maximum atomic E-state index is 12.3. The molecule has 1 heterocycles. The Hall–Kier alpha value is -2.34. The quantitative estimate of drug-likeness (QED) is 0.787. The van der Waals surface area contributed by atoms with Crippen LogP contribution in [-0.2, 0) is 14.6 Å². The number of carbonyl (C=O) groups excluding carboxylic acids is 1. The number of carbonyl (C=O) groups is 1. The van der Waals surface area contributed by atoms with Crippen LogP contribution in [0.1, 0.15) is 12.0 Å². The van der Waals surface area contributed by atoms with E-state index in [9.17, 15) is 13.2 Å². The van der Waals surface area contributed by atoms with Crippen molar-refractivity contribution < 1.29 is 17.9 Å². The predicted molar refractivity (Wildman–Crippen MR) is 99.4 cm³/mol. The second-order valence-electron chi connectivity index (χ2n) is 6.31. The van der Waals surface area contributed by atoms with E-state index in [1.807, 2.05) is 36.4 Å². The molecule has 1 aliphatic rings. The summed E-state index contributed by atoms with van der Waals surface area (Å²) in [6.07, 6.45) is 3.76. The summed E-state index contributed by atoms with van der Waals surface area (Å²) in [6.45, 7) is 0. The van der Waals surface area contributed by atoms with Crippen LogP contribution in [0.2, 0.25) is 0 Å². The number of hydrogen-bond donors (Lipinski definition) is 0. The van der Waals surface area contributed by atoms with Gasteiger partial charge < -0.3 is 9.64 Å². The van der Waals surface area contributed by atoms with E-state index >= 15 is 0 Å². The lowest BCUT2D eigenvalue weighted by atomic mass is 10.1. The van der Waals surface area contributed by atoms with Gasteiger partial charge in [-0.15, -0.1) is 0 Å². The Morgan fingerprint density at radius 1 is 1.20 bits per heavy atom. The van der Waals surface area contributed by atoms with E-state index < -0.39 is 9.84 Å². The molecule has 2 aromatic rings. The predicted octanol–water partition coefficient (Wildman–Crippen LogP) is 2.51. The highest BCUT2D eigenvalue weighted by molar-refractivity contribution is 7.91. The van der Waals surface area contributed by atoms with E-state index in [4.69, 9.17) is 4.74 Å². The molecule has 25 heavy (non-hydrogen) atoms. The highest BCUT2D eigenvalue weighted by Gasteiger charge is 2.31. The van der Waals surface area contributed by atoms with Crippen molar-refractivity contribution in [3.8, 4) is 5.75 Å². The van der Waals surface area contributed by atoms with Gasteiger partial charge in [0.1, 0.15) is 5.75 Å². The van der Waals surface area contributed by atoms with Crippen LogP contribution in [0.5, 0.6) is 5.75 Å². The number of methoxy groups -OCH3 is 1. The average Bonchev–Trinajstić information content (AvgIpc) is 2.98. The van der Waals surface area contributed by atoms with Crippen LogP contribution in [0.4, 0.5) is 0 Å². The zero-order chi connectivity index (χ0) is 18.0. The monoisotopic (exact) mass is 359 g/mol. The number of fused-ring (bicyclic) bond motifs is 1. The molecular weight excluding hydrogens is 338 g/mol. The maximum absolute atomic E-state index is 12.3. The molecule has 3 rings (SSSR count). The van der Waals surface area contributed by atoms with Crippen LogP contribution in [0.3, 0.4) is 0 Å². The van der Waals surface area contributed by atoms with Crippen molar-refractivity contribution in [2.24, 2.45) is 0 Å². The van der Waals surface area contributed by atoms with Crippen molar-refractivity contribution in [3.63, 3.8) is 0 Å². The van der Waals surface area contributed by atoms with E-state index in [2.05, 4.69) is 0 Å². The SMILES string of the molecule is COc1ccc2cc(C=CC(=O)N(C)C3CCS(=O)(=O)C3)ccc2c1. The number of sulfone groups is 1. The fraction of sp³-hybridized carbons (Fsp3) is 0.316. The van der Waals surface area contributed by atoms with Gasteiger partial charge in [-0.25, -0.2) is 8.42 Å². The van der Waals surface area contributed by atoms with Crippen LogP contribution >= 0.6 is 0 Å². The molecule has 0 spiro atoms. The van der Waals surface area contributed by atoms with Gasteiger partial charge in [-0.05, 0) is 47.0 Å².